The zero-order chi connectivity index (χ0) is 20.0. The van der Waals surface area contributed by atoms with E-state index < -0.39 is 19.8 Å². The monoisotopic (exact) mass is 391 g/mol. The van der Waals surface area contributed by atoms with Crippen LogP contribution in [0.25, 0.3) is 0 Å². The summed E-state index contributed by atoms with van der Waals surface area (Å²) in [5.74, 6) is 2.78. The Labute approximate surface area is 157 Å². The fourth-order valence-electron chi connectivity index (χ4n) is 2.86. The van der Waals surface area contributed by atoms with E-state index in [1.165, 1.54) is 17.0 Å². The Morgan fingerprint density at radius 1 is 1.19 bits per heavy atom. The molecule has 1 aromatic carbocycles. The Bertz CT molecular complexity index is 930. The van der Waals surface area contributed by atoms with Crippen molar-refractivity contribution in [3.8, 4) is 11.5 Å². The van der Waals surface area contributed by atoms with Gasteiger partial charge < -0.3 is 4.90 Å². The molecule has 1 amide bonds. The van der Waals surface area contributed by atoms with Crippen LogP contribution in [0.4, 0.5) is 18.9 Å². The summed E-state index contributed by atoms with van der Waals surface area (Å²) in [6.07, 6.45) is -2.82. The number of rotatable bonds is 1. The molecule has 0 saturated heterocycles. The summed E-state index contributed by atoms with van der Waals surface area (Å²) in [6.45, 7) is 8.56. The lowest BCUT2D eigenvalue weighted by Gasteiger charge is -2.32. The van der Waals surface area contributed by atoms with Crippen molar-refractivity contribution in [2.24, 2.45) is 0 Å². The molecule has 4 nitrogen and oxygen atoms in total. The lowest BCUT2D eigenvalue weighted by Crippen LogP contribution is -2.43. The minimum absolute atomic E-state index is 0.109. The molecule has 1 aromatic heterocycles. The maximum absolute atomic E-state index is 13.0. The molecular formula is C19H20F3N3OSi. The van der Waals surface area contributed by atoms with Crippen molar-refractivity contribution in [1.29, 1.82) is 0 Å². The molecule has 0 N–H and O–H groups in total. The van der Waals surface area contributed by atoms with Gasteiger partial charge in [-0.25, -0.2) is 0 Å². The van der Waals surface area contributed by atoms with Crippen molar-refractivity contribution >= 4 is 19.7 Å². The molecule has 2 aromatic rings. The van der Waals surface area contributed by atoms with Crippen LogP contribution in [0.2, 0.25) is 19.6 Å². The molecule has 2 heterocycles. The van der Waals surface area contributed by atoms with Crippen LogP contribution in [0.5, 0.6) is 0 Å². The SMILES string of the molecule is CC1CN(c2ccc(C(F)(F)F)cc2)C(=O)c2c(C#C[Si](C)(C)C)cnn21. The summed E-state index contributed by atoms with van der Waals surface area (Å²) < 4.78 is 40.0. The van der Waals surface area contributed by atoms with Gasteiger partial charge in [-0.2, -0.15) is 18.3 Å². The van der Waals surface area contributed by atoms with E-state index in [1.807, 2.05) is 6.92 Å². The van der Waals surface area contributed by atoms with Gasteiger partial charge in [-0.15, -0.1) is 5.54 Å². The summed E-state index contributed by atoms with van der Waals surface area (Å²) in [6, 6.07) is 4.53. The zero-order valence-corrected chi connectivity index (χ0v) is 16.6. The fraction of sp³-hybridized carbons (Fsp3) is 0.368. The Morgan fingerprint density at radius 2 is 1.81 bits per heavy atom. The number of amides is 1. The van der Waals surface area contributed by atoms with Gasteiger partial charge in [0.1, 0.15) is 13.8 Å². The first kappa shape index (κ1) is 19.2. The first-order chi connectivity index (χ1) is 12.5. The van der Waals surface area contributed by atoms with E-state index in [0.29, 0.717) is 23.5 Å². The van der Waals surface area contributed by atoms with Crippen LogP contribution in [-0.2, 0) is 6.18 Å². The molecule has 3 rings (SSSR count). The molecule has 0 fully saturated rings. The third-order valence-corrected chi connectivity index (χ3v) is 5.06. The smallest absolute Gasteiger partial charge is 0.305 e. The van der Waals surface area contributed by atoms with Gasteiger partial charge in [-0.1, -0.05) is 25.6 Å². The minimum Gasteiger partial charge on any atom is -0.305 e. The van der Waals surface area contributed by atoms with E-state index in [-0.39, 0.29) is 11.9 Å². The van der Waals surface area contributed by atoms with Crippen LogP contribution >= 0.6 is 0 Å². The van der Waals surface area contributed by atoms with Gasteiger partial charge in [-0.3, -0.25) is 9.48 Å². The fourth-order valence-corrected chi connectivity index (χ4v) is 3.37. The normalized spacial score (nSPS) is 17.4. The number of anilines is 1. The Hall–Kier alpha value is -2.53. The van der Waals surface area contributed by atoms with Gasteiger partial charge in [0.15, 0.2) is 0 Å². The largest absolute Gasteiger partial charge is 0.416 e. The lowest BCUT2D eigenvalue weighted by atomic mass is 10.1. The molecule has 0 spiro atoms. The summed E-state index contributed by atoms with van der Waals surface area (Å²) in [5.41, 5.74) is 3.86. The number of benzene rings is 1. The summed E-state index contributed by atoms with van der Waals surface area (Å²) >= 11 is 0. The van der Waals surface area contributed by atoms with Crippen molar-refractivity contribution < 1.29 is 18.0 Å². The highest BCUT2D eigenvalue weighted by atomic mass is 28.3. The number of nitrogens with zero attached hydrogens (tertiary/aromatic N) is 3. The van der Waals surface area contributed by atoms with Gasteiger partial charge in [0.25, 0.3) is 5.91 Å². The summed E-state index contributed by atoms with van der Waals surface area (Å²) in [7, 11) is -1.63. The maximum Gasteiger partial charge on any atom is 0.416 e. The standard InChI is InChI=1S/C19H20F3N3OSi/c1-13-12-24(16-7-5-15(6-8-16)19(20,21)22)18(26)17-14(11-23-25(13)17)9-10-27(2,3)4/h5-8,11,13H,12H2,1-4H3. The number of hydrogen-bond donors (Lipinski definition) is 0. The molecule has 1 atom stereocenters. The lowest BCUT2D eigenvalue weighted by molar-refractivity contribution is -0.137. The Balaban J connectivity index is 1.98. The zero-order valence-electron chi connectivity index (χ0n) is 15.6. The summed E-state index contributed by atoms with van der Waals surface area (Å²) in [5, 5.41) is 4.30. The molecule has 27 heavy (non-hydrogen) atoms. The van der Waals surface area contributed by atoms with Crippen molar-refractivity contribution in [2.45, 2.75) is 38.8 Å². The Kier molecular flexibility index (Phi) is 4.68. The number of aromatic nitrogens is 2. The van der Waals surface area contributed by atoms with Crippen LogP contribution in [0, 0.1) is 11.5 Å². The van der Waals surface area contributed by atoms with Gasteiger partial charge in [-0.05, 0) is 31.2 Å². The first-order valence-electron chi connectivity index (χ1n) is 8.57. The third-order valence-electron chi connectivity index (χ3n) is 4.19. The second-order valence-electron chi connectivity index (χ2n) is 7.66. The summed E-state index contributed by atoms with van der Waals surface area (Å²) in [4.78, 5) is 14.5. The molecule has 1 aliphatic heterocycles. The van der Waals surface area contributed by atoms with Crippen LogP contribution in [0.15, 0.2) is 30.5 Å². The molecular weight excluding hydrogens is 371 g/mol. The topological polar surface area (TPSA) is 38.1 Å². The number of fused-ring (bicyclic) bond motifs is 1. The molecule has 142 valence electrons. The van der Waals surface area contributed by atoms with E-state index in [0.717, 1.165) is 12.1 Å². The predicted octanol–water partition coefficient (Wildman–Crippen LogP) is 4.35. The predicted molar refractivity (Wildman–Crippen MR) is 100 cm³/mol. The second-order valence-corrected chi connectivity index (χ2v) is 12.4. The van der Waals surface area contributed by atoms with E-state index >= 15 is 0 Å². The van der Waals surface area contributed by atoms with Gasteiger partial charge in [0, 0.05) is 12.2 Å². The molecule has 1 unspecified atom stereocenters. The maximum atomic E-state index is 13.0. The Morgan fingerprint density at radius 3 is 2.37 bits per heavy atom. The molecule has 8 heteroatoms. The average molecular weight is 391 g/mol. The molecule has 0 aliphatic carbocycles. The van der Waals surface area contributed by atoms with E-state index in [4.69, 9.17) is 0 Å². The van der Waals surface area contributed by atoms with Gasteiger partial charge in [0.2, 0.25) is 0 Å². The van der Waals surface area contributed by atoms with E-state index in [2.05, 4.69) is 36.2 Å². The van der Waals surface area contributed by atoms with Crippen LogP contribution in [0.1, 0.15) is 34.6 Å². The van der Waals surface area contributed by atoms with Crippen LogP contribution in [-0.4, -0.2) is 30.3 Å². The van der Waals surface area contributed by atoms with Crippen molar-refractivity contribution in [2.75, 3.05) is 11.4 Å². The second kappa shape index (κ2) is 6.57. The number of hydrogen-bond acceptors (Lipinski definition) is 2. The van der Waals surface area contributed by atoms with Gasteiger partial charge >= 0.3 is 6.18 Å². The number of carbonyl (C=O) groups is 1. The first-order valence-corrected chi connectivity index (χ1v) is 12.1. The number of alkyl halides is 3. The molecule has 1 aliphatic rings. The van der Waals surface area contributed by atoms with E-state index in [9.17, 15) is 18.0 Å². The van der Waals surface area contributed by atoms with Crippen molar-refractivity contribution in [1.82, 2.24) is 9.78 Å². The van der Waals surface area contributed by atoms with Crippen LogP contribution < -0.4 is 4.90 Å². The van der Waals surface area contributed by atoms with Crippen molar-refractivity contribution in [3.63, 3.8) is 0 Å². The molecule has 0 saturated carbocycles. The highest BCUT2D eigenvalue weighted by molar-refractivity contribution is 6.83. The molecule has 0 bridgehead atoms. The third kappa shape index (κ3) is 3.93. The van der Waals surface area contributed by atoms with Crippen molar-refractivity contribution in [3.05, 3.63) is 47.3 Å². The average Bonchev–Trinajstić information content (AvgIpc) is 3.00. The highest BCUT2D eigenvalue weighted by Crippen LogP contribution is 2.32. The van der Waals surface area contributed by atoms with Gasteiger partial charge in [0.05, 0.1) is 23.4 Å². The molecule has 0 radical (unpaired) electrons. The highest BCUT2D eigenvalue weighted by Gasteiger charge is 2.34. The van der Waals surface area contributed by atoms with Crippen LogP contribution in [0.3, 0.4) is 0 Å². The van der Waals surface area contributed by atoms with E-state index in [1.54, 1.807) is 10.9 Å². The minimum atomic E-state index is -4.41. The number of carbonyl (C=O) groups excluding carboxylic acids is 1. The number of halogens is 3. The quantitative estimate of drug-likeness (QED) is 0.535.